The molecular weight excluding hydrogens is 628 g/mol. The molecule has 0 saturated carbocycles. The molecule has 4 fully saturated rings. The predicted octanol–water partition coefficient (Wildman–Crippen LogP) is 4.51. The van der Waals surface area contributed by atoms with Crippen molar-refractivity contribution in [2.24, 2.45) is 0 Å². The van der Waals surface area contributed by atoms with Crippen LogP contribution in [0.25, 0.3) is 43.7 Å². The average molecular weight is 666 g/mol. The van der Waals surface area contributed by atoms with Gasteiger partial charge in [0.05, 0.1) is 35.2 Å². The highest BCUT2D eigenvalue weighted by Crippen LogP contribution is 2.44. The fourth-order valence-electron chi connectivity index (χ4n) is 8.93. The Morgan fingerprint density at radius 3 is 2.71 bits per heavy atom. The number of hydrogen-bond acceptors (Lipinski definition) is 9. The van der Waals surface area contributed by atoms with E-state index >= 15 is 4.39 Å². The van der Waals surface area contributed by atoms with E-state index in [1.165, 1.54) is 6.07 Å². The van der Waals surface area contributed by atoms with Crippen LogP contribution >= 0.6 is 0 Å². The van der Waals surface area contributed by atoms with Crippen LogP contribution in [-0.2, 0) is 6.54 Å². The number of nitrogens with one attached hydrogen (secondary N) is 1. The molecule has 252 valence electrons. The van der Waals surface area contributed by atoms with Crippen molar-refractivity contribution in [3.05, 3.63) is 47.9 Å². The van der Waals surface area contributed by atoms with Crippen molar-refractivity contribution < 1.29 is 23.7 Å². The molecule has 49 heavy (non-hydrogen) atoms. The van der Waals surface area contributed by atoms with Gasteiger partial charge in [0.25, 0.3) is 0 Å². The number of fused-ring (bicyclic) bond motifs is 7. The zero-order valence-electron chi connectivity index (χ0n) is 27.0. The van der Waals surface area contributed by atoms with Gasteiger partial charge in [-0.25, -0.2) is 8.78 Å². The van der Waals surface area contributed by atoms with Crippen molar-refractivity contribution in [3.63, 3.8) is 0 Å². The number of halogens is 2. The van der Waals surface area contributed by atoms with E-state index in [4.69, 9.17) is 26.2 Å². The standard InChI is InChI=1S/C37H37F2N7O3/c1-2-26-30(39)7-4-21-12-25(48)13-27(32(21)26)28-14-31-33(29-19-46(10-11-47)43-34(28)29)35(44-17-23-5-6-24(18-44)40-23)42-36(41-31)49-20-37-8-3-9-45(37)16-22(38)15-37/h1,4,7,12-14,19,22-24,40,47-48H,3,5-6,8-11,15-18,20H2/t22-,23?,24?,37?/m1/s1. The number of hydrogen-bond donors (Lipinski definition) is 3. The van der Waals surface area contributed by atoms with E-state index in [-0.39, 0.29) is 42.6 Å². The van der Waals surface area contributed by atoms with Crippen LogP contribution in [0, 0.1) is 18.2 Å². The van der Waals surface area contributed by atoms with Crippen molar-refractivity contribution in [1.82, 2.24) is 30.0 Å². The van der Waals surface area contributed by atoms with E-state index in [1.54, 1.807) is 22.9 Å². The van der Waals surface area contributed by atoms with Gasteiger partial charge in [-0.1, -0.05) is 12.0 Å². The third-order valence-corrected chi connectivity index (χ3v) is 11.0. The fraction of sp³-hybridized carbons (Fsp3) is 0.432. The maximum absolute atomic E-state index is 15.2. The average Bonchev–Trinajstić information content (AvgIpc) is 3.84. The second-order valence-corrected chi connectivity index (χ2v) is 14.1. The molecular formula is C37H37F2N7O3. The second-order valence-electron chi connectivity index (χ2n) is 14.1. The lowest BCUT2D eigenvalue weighted by Crippen LogP contribution is -2.51. The van der Waals surface area contributed by atoms with E-state index in [2.05, 4.69) is 21.0 Å². The monoisotopic (exact) mass is 665 g/mol. The quantitative estimate of drug-likeness (QED) is 0.216. The van der Waals surface area contributed by atoms with Gasteiger partial charge >= 0.3 is 6.01 Å². The summed E-state index contributed by atoms with van der Waals surface area (Å²) in [6, 6.07) is 8.79. The van der Waals surface area contributed by atoms with Crippen molar-refractivity contribution in [2.45, 2.75) is 62.4 Å². The van der Waals surface area contributed by atoms with Crippen molar-refractivity contribution in [3.8, 4) is 35.2 Å². The van der Waals surface area contributed by atoms with E-state index in [0.29, 0.717) is 58.0 Å². The van der Waals surface area contributed by atoms with Crippen LogP contribution in [0.4, 0.5) is 14.6 Å². The minimum Gasteiger partial charge on any atom is -0.508 e. The molecule has 0 aliphatic carbocycles. The Balaban J connectivity index is 1.28. The first-order chi connectivity index (χ1) is 23.8. The van der Waals surface area contributed by atoms with E-state index < -0.39 is 12.0 Å². The Bertz CT molecular complexity index is 2170. The van der Waals surface area contributed by atoms with Crippen LogP contribution < -0.4 is 15.0 Å². The molecule has 4 saturated heterocycles. The van der Waals surface area contributed by atoms with Crippen LogP contribution in [-0.4, -0.2) is 98.0 Å². The number of aliphatic hydroxyl groups excluding tert-OH is 1. The van der Waals surface area contributed by atoms with E-state index in [1.807, 2.05) is 12.3 Å². The maximum atomic E-state index is 15.2. The molecule has 2 aromatic heterocycles. The molecule has 6 heterocycles. The highest BCUT2D eigenvalue weighted by Gasteiger charge is 2.49. The van der Waals surface area contributed by atoms with Crippen LogP contribution in [0.5, 0.6) is 11.8 Å². The lowest BCUT2D eigenvalue weighted by molar-refractivity contribution is 0.107. The SMILES string of the molecule is C#Cc1c(F)ccc2cc(O)cc(-c3cc4nc(OCC56CCCN5C[C@H](F)C6)nc(N5CC6CCC(C5)N6)c4c4cn(CCO)nc34)c12. The Labute approximate surface area is 281 Å². The largest absolute Gasteiger partial charge is 0.508 e. The Morgan fingerprint density at radius 2 is 1.92 bits per heavy atom. The topological polar surface area (TPSA) is 112 Å². The molecule has 4 aliphatic rings. The van der Waals surface area contributed by atoms with Gasteiger partial charge in [0.2, 0.25) is 0 Å². The molecule has 0 spiro atoms. The van der Waals surface area contributed by atoms with Crippen molar-refractivity contribution in [2.75, 3.05) is 44.3 Å². The Hall–Kier alpha value is -4.57. The molecule has 0 radical (unpaired) electrons. The number of nitrogens with zero attached hydrogens (tertiary/aromatic N) is 6. The van der Waals surface area contributed by atoms with Crippen LogP contribution in [0.3, 0.4) is 0 Å². The number of phenols is 1. The normalized spacial score (nSPS) is 25.1. The molecule has 4 aliphatic heterocycles. The summed E-state index contributed by atoms with van der Waals surface area (Å²) in [5.74, 6) is 2.69. The lowest BCUT2D eigenvalue weighted by Gasteiger charge is -2.35. The van der Waals surface area contributed by atoms with Gasteiger partial charge < -0.3 is 25.2 Å². The lowest BCUT2D eigenvalue weighted by atomic mass is 9.92. The summed E-state index contributed by atoms with van der Waals surface area (Å²) < 4.78 is 37.9. The molecule has 4 atom stereocenters. The number of rotatable bonds is 7. The maximum Gasteiger partial charge on any atom is 0.319 e. The first kappa shape index (κ1) is 30.5. The zero-order chi connectivity index (χ0) is 33.4. The predicted molar refractivity (Wildman–Crippen MR) is 183 cm³/mol. The minimum atomic E-state index is -0.880. The molecule has 2 bridgehead atoms. The number of aromatic hydroxyl groups is 1. The second kappa shape index (κ2) is 11.5. The summed E-state index contributed by atoms with van der Waals surface area (Å²) in [7, 11) is 0. The summed E-state index contributed by atoms with van der Waals surface area (Å²) in [6.07, 6.45) is 11.3. The smallest absolute Gasteiger partial charge is 0.319 e. The highest BCUT2D eigenvalue weighted by atomic mass is 19.1. The van der Waals surface area contributed by atoms with Gasteiger partial charge in [-0.15, -0.1) is 6.42 Å². The Morgan fingerprint density at radius 1 is 1.08 bits per heavy atom. The molecule has 3 aromatic carbocycles. The summed E-state index contributed by atoms with van der Waals surface area (Å²) in [5.41, 5.74) is 1.98. The molecule has 3 unspecified atom stereocenters. The minimum absolute atomic E-state index is 0.00749. The van der Waals surface area contributed by atoms with Crippen LogP contribution in [0.2, 0.25) is 0 Å². The Kier molecular flexibility index (Phi) is 7.16. The number of alkyl halides is 1. The first-order valence-corrected chi connectivity index (χ1v) is 17.1. The number of phenolic OH excluding ortho intramolecular Hbond substituents is 1. The van der Waals surface area contributed by atoms with Gasteiger partial charge in [0.1, 0.15) is 35.7 Å². The van der Waals surface area contributed by atoms with Crippen LogP contribution in [0.15, 0.2) is 36.5 Å². The molecule has 12 heteroatoms. The number of aliphatic hydroxyl groups is 1. The van der Waals surface area contributed by atoms with Gasteiger partial charge in [-0.3, -0.25) is 9.58 Å². The van der Waals surface area contributed by atoms with Gasteiger partial charge in [0.15, 0.2) is 0 Å². The molecule has 9 rings (SSSR count). The number of benzene rings is 3. The van der Waals surface area contributed by atoms with Gasteiger partial charge in [-0.05, 0) is 67.4 Å². The molecule has 3 N–H and O–H groups in total. The third kappa shape index (κ3) is 4.97. The number of aromatic nitrogens is 4. The summed E-state index contributed by atoms with van der Waals surface area (Å²) in [6.45, 7) is 3.23. The summed E-state index contributed by atoms with van der Waals surface area (Å²) >= 11 is 0. The first-order valence-electron chi connectivity index (χ1n) is 17.1. The van der Waals surface area contributed by atoms with E-state index in [0.717, 1.165) is 61.9 Å². The fourth-order valence-corrected chi connectivity index (χ4v) is 8.93. The molecule has 10 nitrogen and oxygen atoms in total. The number of anilines is 1. The molecule has 5 aromatic rings. The number of ether oxygens (including phenoxy) is 1. The number of piperazine rings is 1. The van der Waals surface area contributed by atoms with Crippen LogP contribution in [0.1, 0.15) is 37.7 Å². The number of terminal acetylenes is 1. The van der Waals surface area contributed by atoms with E-state index in [9.17, 15) is 14.6 Å². The zero-order valence-corrected chi connectivity index (χ0v) is 27.0. The summed E-state index contributed by atoms with van der Waals surface area (Å²) in [5, 5.41) is 31.9. The van der Waals surface area contributed by atoms with Crippen molar-refractivity contribution >= 4 is 38.4 Å². The van der Waals surface area contributed by atoms with Crippen molar-refractivity contribution in [1.29, 1.82) is 0 Å². The third-order valence-electron chi connectivity index (χ3n) is 11.0. The van der Waals surface area contributed by atoms with Gasteiger partial charge in [-0.2, -0.15) is 15.1 Å². The summed E-state index contributed by atoms with van der Waals surface area (Å²) in [4.78, 5) is 14.6. The highest BCUT2D eigenvalue weighted by molar-refractivity contribution is 6.18. The molecule has 0 amide bonds. The van der Waals surface area contributed by atoms with Gasteiger partial charge in [0, 0.05) is 60.7 Å².